The molecular formula is C12H20N2O3. The van der Waals surface area contributed by atoms with Crippen molar-refractivity contribution in [2.24, 2.45) is 11.3 Å². The molecule has 1 aliphatic heterocycles. The molecule has 17 heavy (non-hydrogen) atoms. The SMILES string of the molecule is CC1(C(=O)O)CCCCC1NC(=O)C1CNC1. The van der Waals surface area contributed by atoms with E-state index in [1.54, 1.807) is 6.92 Å². The van der Waals surface area contributed by atoms with Gasteiger partial charge in [0.15, 0.2) is 0 Å². The van der Waals surface area contributed by atoms with E-state index in [2.05, 4.69) is 10.6 Å². The average Bonchev–Trinajstić information content (AvgIpc) is 2.18. The second-order valence-corrected chi connectivity index (χ2v) is 5.38. The molecule has 0 aromatic carbocycles. The summed E-state index contributed by atoms with van der Waals surface area (Å²) in [7, 11) is 0. The molecule has 2 aliphatic rings. The van der Waals surface area contributed by atoms with Crippen molar-refractivity contribution in [2.45, 2.75) is 38.6 Å². The van der Waals surface area contributed by atoms with Crippen LogP contribution in [0.3, 0.4) is 0 Å². The normalized spacial score (nSPS) is 33.8. The zero-order chi connectivity index (χ0) is 12.5. The second kappa shape index (κ2) is 4.64. The number of aliphatic carboxylic acids is 1. The third kappa shape index (κ3) is 2.29. The third-order valence-corrected chi connectivity index (χ3v) is 4.17. The number of hydrogen-bond donors (Lipinski definition) is 3. The Morgan fingerprint density at radius 3 is 2.59 bits per heavy atom. The minimum atomic E-state index is -0.801. The first-order valence-corrected chi connectivity index (χ1v) is 6.28. The molecule has 0 radical (unpaired) electrons. The van der Waals surface area contributed by atoms with Crippen LogP contribution in [0.2, 0.25) is 0 Å². The highest BCUT2D eigenvalue weighted by molar-refractivity contribution is 5.82. The number of amides is 1. The lowest BCUT2D eigenvalue weighted by Crippen LogP contribution is -2.57. The van der Waals surface area contributed by atoms with E-state index in [9.17, 15) is 14.7 Å². The number of carboxylic acid groups (broad SMARTS) is 1. The lowest BCUT2D eigenvalue weighted by molar-refractivity contribution is -0.152. The number of carbonyl (C=O) groups is 2. The highest BCUT2D eigenvalue weighted by atomic mass is 16.4. The van der Waals surface area contributed by atoms with Gasteiger partial charge in [0.25, 0.3) is 0 Å². The number of hydrogen-bond acceptors (Lipinski definition) is 3. The summed E-state index contributed by atoms with van der Waals surface area (Å²) in [5.74, 6) is -0.771. The Labute approximate surface area is 101 Å². The predicted molar refractivity (Wildman–Crippen MR) is 62.5 cm³/mol. The van der Waals surface area contributed by atoms with Crippen molar-refractivity contribution < 1.29 is 14.7 Å². The van der Waals surface area contributed by atoms with Crippen LogP contribution in [0.5, 0.6) is 0 Å². The molecule has 96 valence electrons. The highest BCUT2D eigenvalue weighted by Crippen LogP contribution is 2.36. The van der Waals surface area contributed by atoms with E-state index in [0.717, 1.165) is 19.3 Å². The fraction of sp³-hybridized carbons (Fsp3) is 0.833. The molecule has 1 heterocycles. The van der Waals surface area contributed by atoms with Gasteiger partial charge in [-0.1, -0.05) is 12.8 Å². The summed E-state index contributed by atoms with van der Waals surface area (Å²) in [6.45, 7) is 3.17. The van der Waals surface area contributed by atoms with Crippen LogP contribution in [0.25, 0.3) is 0 Å². The fourth-order valence-electron chi connectivity index (χ4n) is 2.58. The molecule has 2 fully saturated rings. The Hall–Kier alpha value is -1.10. The predicted octanol–water partition coefficient (Wildman–Crippen LogP) is 0.356. The van der Waals surface area contributed by atoms with E-state index in [0.29, 0.717) is 19.5 Å². The van der Waals surface area contributed by atoms with Gasteiger partial charge in [0.05, 0.1) is 11.3 Å². The van der Waals surface area contributed by atoms with Gasteiger partial charge < -0.3 is 15.7 Å². The second-order valence-electron chi connectivity index (χ2n) is 5.38. The van der Waals surface area contributed by atoms with E-state index >= 15 is 0 Å². The molecule has 0 aromatic heterocycles. The minimum Gasteiger partial charge on any atom is -0.481 e. The van der Waals surface area contributed by atoms with Gasteiger partial charge in [-0.05, 0) is 19.8 Å². The van der Waals surface area contributed by atoms with Crippen molar-refractivity contribution in [3.05, 3.63) is 0 Å². The molecule has 2 unspecified atom stereocenters. The van der Waals surface area contributed by atoms with Crippen molar-refractivity contribution >= 4 is 11.9 Å². The quantitative estimate of drug-likeness (QED) is 0.665. The summed E-state index contributed by atoms with van der Waals surface area (Å²) in [4.78, 5) is 23.2. The minimum absolute atomic E-state index is 0.00289. The van der Waals surface area contributed by atoms with Gasteiger partial charge in [-0.15, -0.1) is 0 Å². The zero-order valence-corrected chi connectivity index (χ0v) is 10.2. The Morgan fingerprint density at radius 2 is 2.06 bits per heavy atom. The third-order valence-electron chi connectivity index (χ3n) is 4.17. The molecule has 2 rings (SSSR count). The summed E-state index contributed by atoms with van der Waals surface area (Å²) in [5, 5.41) is 15.3. The van der Waals surface area contributed by atoms with E-state index in [1.807, 2.05) is 0 Å². The summed E-state index contributed by atoms with van der Waals surface area (Å²) in [6, 6.07) is -0.221. The molecular weight excluding hydrogens is 220 g/mol. The summed E-state index contributed by atoms with van der Waals surface area (Å²) in [6.07, 6.45) is 3.35. The molecule has 2 atom stereocenters. The van der Waals surface area contributed by atoms with Crippen LogP contribution in [0.4, 0.5) is 0 Å². The zero-order valence-electron chi connectivity index (χ0n) is 10.2. The number of nitrogens with one attached hydrogen (secondary N) is 2. The molecule has 5 nitrogen and oxygen atoms in total. The number of carbonyl (C=O) groups excluding carboxylic acids is 1. The van der Waals surface area contributed by atoms with Gasteiger partial charge in [-0.2, -0.15) is 0 Å². The summed E-state index contributed by atoms with van der Waals surface area (Å²) < 4.78 is 0. The topological polar surface area (TPSA) is 78.4 Å². The van der Waals surface area contributed by atoms with Crippen LogP contribution in [0.1, 0.15) is 32.6 Å². The Bertz CT molecular complexity index is 328. The van der Waals surface area contributed by atoms with Gasteiger partial charge in [-0.25, -0.2) is 0 Å². The standard InChI is InChI=1S/C12H20N2O3/c1-12(11(16)17)5-3-2-4-9(12)14-10(15)8-6-13-7-8/h8-9,13H,2-7H2,1H3,(H,14,15)(H,16,17). The molecule has 1 saturated heterocycles. The van der Waals surface area contributed by atoms with Crippen molar-refractivity contribution in [3.63, 3.8) is 0 Å². The lowest BCUT2D eigenvalue weighted by Gasteiger charge is -2.39. The largest absolute Gasteiger partial charge is 0.481 e. The monoisotopic (exact) mass is 240 g/mol. The summed E-state index contributed by atoms with van der Waals surface area (Å²) in [5.41, 5.74) is -0.801. The Morgan fingerprint density at radius 1 is 1.35 bits per heavy atom. The maximum absolute atomic E-state index is 11.9. The van der Waals surface area contributed by atoms with Gasteiger partial charge in [-0.3, -0.25) is 9.59 Å². The molecule has 1 saturated carbocycles. The molecule has 1 amide bonds. The fourth-order valence-corrected chi connectivity index (χ4v) is 2.58. The van der Waals surface area contributed by atoms with Crippen molar-refractivity contribution in [1.82, 2.24) is 10.6 Å². The van der Waals surface area contributed by atoms with Crippen molar-refractivity contribution in [2.75, 3.05) is 13.1 Å². The molecule has 5 heteroatoms. The molecule has 1 aliphatic carbocycles. The van der Waals surface area contributed by atoms with Crippen molar-refractivity contribution in [3.8, 4) is 0 Å². The van der Waals surface area contributed by atoms with E-state index in [1.165, 1.54) is 0 Å². The maximum Gasteiger partial charge on any atom is 0.311 e. The van der Waals surface area contributed by atoms with E-state index in [4.69, 9.17) is 0 Å². The first-order chi connectivity index (χ1) is 8.04. The van der Waals surface area contributed by atoms with Gasteiger partial charge >= 0.3 is 5.97 Å². The molecule has 0 bridgehead atoms. The van der Waals surface area contributed by atoms with Gasteiger partial charge in [0, 0.05) is 19.1 Å². The molecule has 3 N–H and O–H groups in total. The Kier molecular flexibility index (Phi) is 3.38. The van der Waals surface area contributed by atoms with Crippen LogP contribution in [-0.4, -0.2) is 36.1 Å². The number of rotatable bonds is 3. The van der Waals surface area contributed by atoms with Crippen LogP contribution in [-0.2, 0) is 9.59 Å². The van der Waals surface area contributed by atoms with E-state index in [-0.39, 0.29) is 17.9 Å². The van der Waals surface area contributed by atoms with E-state index < -0.39 is 11.4 Å². The van der Waals surface area contributed by atoms with Gasteiger partial charge in [0.1, 0.15) is 0 Å². The van der Waals surface area contributed by atoms with Crippen LogP contribution in [0, 0.1) is 11.3 Å². The van der Waals surface area contributed by atoms with Crippen LogP contribution >= 0.6 is 0 Å². The van der Waals surface area contributed by atoms with Crippen LogP contribution in [0.15, 0.2) is 0 Å². The lowest BCUT2D eigenvalue weighted by atomic mass is 9.71. The van der Waals surface area contributed by atoms with Crippen LogP contribution < -0.4 is 10.6 Å². The molecule has 0 spiro atoms. The first kappa shape index (κ1) is 12.4. The molecule has 0 aromatic rings. The number of carboxylic acids is 1. The van der Waals surface area contributed by atoms with Gasteiger partial charge in [0.2, 0.25) is 5.91 Å². The highest BCUT2D eigenvalue weighted by Gasteiger charge is 2.44. The van der Waals surface area contributed by atoms with Crippen molar-refractivity contribution in [1.29, 1.82) is 0 Å². The maximum atomic E-state index is 11.9. The first-order valence-electron chi connectivity index (χ1n) is 6.28. The summed E-state index contributed by atoms with van der Waals surface area (Å²) >= 11 is 0. The average molecular weight is 240 g/mol. The Balaban J connectivity index is 2.01. The smallest absolute Gasteiger partial charge is 0.311 e.